The Morgan fingerprint density at radius 1 is 0.686 bits per heavy atom. The van der Waals surface area contributed by atoms with E-state index in [4.69, 9.17) is 4.84 Å². The average Bonchev–Trinajstić information content (AvgIpc) is 3.38. The molecule has 0 saturated carbocycles. The van der Waals surface area contributed by atoms with Crippen LogP contribution in [0, 0.1) is 5.82 Å². The molecule has 0 radical (unpaired) electrons. The summed E-state index contributed by atoms with van der Waals surface area (Å²) in [4.78, 5) is 35.9. The molecule has 172 valence electrons. The number of carbonyl (C=O) groups is 2. The number of fused-ring (bicyclic) bond motifs is 1. The van der Waals surface area contributed by atoms with Crippen molar-refractivity contribution in [2.75, 3.05) is 9.96 Å². The predicted octanol–water partition coefficient (Wildman–Crippen LogP) is 5.20. The molecule has 4 aromatic carbocycles. The van der Waals surface area contributed by atoms with Gasteiger partial charge in [-0.2, -0.15) is 0 Å². The first-order valence-electron chi connectivity index (χ1n) is 11.4. The number of hydrogen-bond donors (Lipinski definition) is 0. The van der Waals surface area contributed by atoms with Crippen LogP contribution >= 0.6 is 0 Å². The molecule has 0 N–H and O–H groups in total. The number of anilines is 2. The molecule has 4 aromatic rings. The van der Waals surface area contributed by atoms with E-state index in [1.807, 2.05) is 91.0 Å². The summed E-state index contributed by atoms with van der Waals surface area (Å²) >= 11 is 0. The largest absolute Gasteiger partial charge is 0.273 e. The van der Waals surface area contributed by atoms with Gasteiger partial charge in [-0.15, -0.1) is 0 Å². The molecule has 6 heteroatoms. The highest BCUT2D eigenvalue weighted by molar-refractivity contribution is 6.28. The van der Waals surface area contributed by atoms with Crippen molar-refractivity contribution in [3.8, 4) is 0 Å². The third-order valence-corrected chi connectivity index (χ3v) is 6.76. The molecule has 2 aliphatic rings. The van der Waals surface area contributed by atoms with Crippen LogP contribution in [-0.2, 0) is 19.8 Å². The lowest BCUT2D eigenvalue weighted by molar-refractivity contribution is -0.126. The number of hydroxylamine groups is 1. The molecule has 2 fully saturated rings. The maximum atomic E-state index is 14.5. The number of nitrogens with zero attached hydrogens (tertiary/aromatic N) is 2. The summed E-state index contributed by atoms with van der Waals surface area (Å²) in [5, 5.41) is 1.69. The SMILES string of the molecule is O=C1[C@H]2ON(c3ccccc3)[C@@H](c3ccccc3)[C@@]2(c2ccccc2)C(=O)N1c1ccc(F)cc1. The minimum Gasteiger partial charge on any atom is -0.273 e. The number of carbonyl (C=O) groups excluding carboxylic acids is 2. The molecule has 0 aromatic heterocycles. The van der Waals surface area contributed by atoms with Gasteiger partial charge in [0.25, 0.3) is 5.91 Å². The minimum atomic E-state index is -1.36. The third-order valence-electron chi connectivity index (χ3n) is 6.76. The van der Waals surface area contributed by atoms with Crippen molar-refractivity contribution in [2.45, 2.75) is 17.6 Å². The number of rotatable bonds is 4. The summed E-state index contributed by atoms with van der Waals surface area (Å²) < 4.78 is 13.6. The third kappa shape index (κ3) is 3.11. The molecule has 2 aliphatic heterocycles. The van der Waals surface area contributed by atoms with Crippen molar-refractivity contribution in [1.29, 1.82) is 0 Å². The lowest BCUT2D eigenvalue weighted by Crippen LogP contribution is -2.46. The Balaban J connectivity index is 1.61. The first kappa shape index (κ1) is 21.3. The van der Waals surface area contributed by atoms with Gasteiger partial charge in [-0.3, -0.25) is 14.4 Å². The fourth-order valence-corrected chi connectivity index (χ4v) is 5.26. The van der Waals surface area contributed by atoms with Crippen LogP contribution in [0.3, 0.4) is 0 Å². The number of amides is 2. The van der Waals surface area contributed by atoms with Crippen LogP contribution in [0.4, 0.5) is 15.8 Å². The second kappa shape index (κ2) is 8.18. The van der Waals surface area contributed by atoms with Gasteiger partial charge in [0.05, 0.1) is 11.4 Å². The van der Waals surface area contributed by atoms with Gasteiger partial charge in [-0.1, -0.05) is 78.9 Å². The highest BCUT2D eigenvalue weighted by Gasteiger charge is 2.72. The zero-order valence-corrected chi connectivity index (χ0v) is 18.6. The van der Waals surface area contributed by atoms with Crippen LogP contribution < -0.4 is 9.96 Å². The normalized spacial score (nSPS) is 23.6. The number of halogens is 1. The zero-order chi connectivity index (χ0) is 24.0. The van der Waals surface area contributed by atoms with E-state index >= 15 is 0 Å². The number of para-hydroxylation sites is 1. The quantitative estimate of drug-likeness (QED) is 0.390. The fraction of sp³-hybridized carbons (Fsp3) is 0.103. The molecule has 2 saturated heterocycles. The monoisotopic (exact) mass is 464 g/mol. The lowest BCUT2D eigenvalue weighted by Gasteiger charge is -2.35. The maximum Gasteiger partial charge on any atom is 0.267 e. The second-order valence-corrected chi connectivity index (χ2v) is 8.65. The second-order valence-electron chi connectivity index (χ2n) is 8.65. The van der Waals surface area contributed by atoms with Gasteiger partial charge in [0.2, 0.25) is 5.91 Å². The average molecular weight is 464 g/mol. The molecule has 2 heterocycles. The first-order valence-corrected chi connectivity index (χ1v) is 11.4. The number of hydrogen-bond acceptors (Lipinski definition) is 4. The Morgan fingerprint density at radius 3 is 1.89 bits per heavy atom. The molecular formula is C29H21FN2O3. The van der Waals surface area contributed by atoms with Crippen molar-refractivity contribution < 1.29 is 18.8 Å². The lowest BCUT2D eigenvalue weighted by atomic mass is 9.69. The van der Waals surface area contributed by atoms with Crippen LogP contribution in [-0.4, -0.2) is 17.9 Å². The fourth-order valence-electron chi connectivity index (χ4n) is 5.26. The van der Waals surface area contributed by atoms with Crippen LogP contribution in [0.15, 0.2) is 115 Å². The maximum absolute atomic E-state index is 14.5. The molecule has 0 unspecified atom stereocenters. The van der Waals surface area contributed by atoms with Crippen molar-refractivity contribution >= 4 is 23.2 Å². The summed E-state index contributed by atoms with van der Waals surface area (Å²) in [7, 11) is 0. The molecule has 2 amide bonds. The number of benzene rings is 4. The molecule has 0 spiro atoms. The Morgan fingerprint density at radius 2 is 1.26 bits per heavy atom. The Bertz CT molecular complexity index is 1380. The van der Waals surface area contributed by atoms with E-state index in [0.29, 0.717) is 11.3 Å². The topological polar surface area (TPSA) is 49.9 Å². The molecule has 0 aliphatic carbocycles. The highest BCUT2D eigenvalue weighted by atomic mass is 19.1. The smallest absolute Gasteiger partial charge is 0.267 e. The molecule has 0 bridgehead atoms. The first-order chi connectivity index (χ1) is 17.1. The van der Waals surface area contributed by atoms with E-state index in [9.17, 15) is 14.0 Å². The van der Waals surface area contributed by atoms with E-state index in [1.165, 1.54) is 24.3 Å². The zero-order valence-electron chi connectivity index (χ0n) is 18.6. The van der Waals surface area contributed by atoms with Gasteiger partial charge in [-0.25, -0.2) is 14.4 Å². The van der Waals surface area contributed by atoms with Gasteiger partial charge in [-0.05, 0) is 47.5 Å². The van der Waals surface area contributed by atoms with Crippen LogP contribution in [0.5, 0.6) is 0 Å². The summed E-state index contributed by atoms with van der Waals surface area (Å²) in [6.07, 6.45) is -1.10. The highest BCUT2D eigenvalue weighted by Crippen LogP contribution is 2.57. The molecule has 35 heavy (non-hydrogen) atoms. The Labute approximate surface area is 201 Å². The molecule has 5 nitrogen and oxygen atoms in total. The van der Waals surface area contributed by atoms with Crippen molar-refractivity contribution in [3.05, 3.63) is 132 Å². The van der Waals surface area contributed by atoms with E-state index in [-0.39, 0.29) is 0 Å². The van der Waals surface area contributed by atoms with Gasteiger partial charge in [0, 0.05) is 0 Å². The Kier molecular flexibility index (Phi) is 4.97. The molecule has 3 atom stereocenters. The van der Waals surface area contributed by atoms with E-state index in [2.05, 4.69) is 0 Å². The molecule has 6 rings (SSSR count). The summed E-state index contributed by atoms with van der Waals surface area (Å²) in [5.74, 6) is -1.33. The Hall–Kier alpha value is -4.29. The van der Waals surface area contributed by atoms with Crippen molar-refractivity contribution in [1.82, 2.24) is 0 Å². The predicted molar refractivity (Wildman–Crippen MR) is 130 cm³/mol. The van der Waals surface area contributed by atoms with Gasteiger partial charge < -0.3 is 0 Å². The van der Waals surface area contributed by atoms with Crippen molar-refractivity contribution in [2.24, 2.45) is 0 Å². The minimum absolute atomic E-state index is 0.313. The molecular weight excluding hydrogens is 443 g/mol. The van der Waals surface area contributed by atoms with Crippen molar-refractivity contribution in [3.63, 3.8) is 0 Å². The summed E-state index contributed by atoms with van der Waals surface area (Å²) in [6.45, 7) is 0. The van der Waals surface area contributed by atoms with Crippen LogP contribution in [0.2, 0.25) is 0 Å². The standard InChI is InChI=1S/C29H21FN2O3/c30-22-16-18-23(19-17-22)31-27(33)26-29(28(31)34,21-12-6-2-7-13-21)25(20-10-4-1-5-11-20)32(35-26)24-14-8-3-9-15-24/h1-19,25-26H/t25-,26+,29+/m0/s1. The number of imide groups is 1. The van der Waals surface area contributed by atoms with E-state index in [0.717, 1.165) is 16.2 Å². The van der Waals surface area contributed by atoms with Crippen LogP contribution in [0.25, 0.3) is 0 Å². The summed E-state index contributed by atoms with van der Waals surface area (Å²) in [5.41, 5.74) is 1.21. The van der Waals surface area contributed by atoms with E-state index in [1.54, 1.807) is 5.06 Å². The van der Waals surface area contributed by atoms with Crippen LogP contribution in [0.1, 0.15) is 17.2 Å². The van der Waals surface area contributed by atoms with Gasteiger partial charge in [0.1, 0.15) is 17.3 Å². The van der Waals surface area contributed by atoms with E-state index < -0.39 is 35.2 Å². The summed E-state index contributed by atoms with van der Waals surface area (Å²) in [6, 6.07) is 33.1. The van der Waals surface area contributed by atoms with Gasteiger partial charge in [0.15, 0.2) is 6.10 Å². The van der Waals surface area contributed by atoms with Gasteiger partial charge >= 0.3 is 0 Å².